The molecule has 1 fully saturated rings. The second-order valence-electron chi connectivity index (χ2n) is 8.58. The molecule has 1 aromatic heterocycles. The molecule has 9 nitrogen and oxygen atoms in total. The molecule has 0 bridgehead atoms. The summed E-state index contributed by atoms with van der Waals surface area (Å²) >= 11 is 0. The number of carbonyl (C=O) groups excluding carboxylic acids is 1. The second kappa shape index (κ2) is 9.96. The van der Waals surface area contributed by atoms with Crippen LogP contribution in [0.1, 0.15) is 32.1 Å². The number of rotatable bonds is 8. The monoisotopic (exact) mass is 506 g/mol. The van der Waals surface area contributed by atoms with Crippen molar-refractivity contribution in [2.75, 3.05) is 17.4 Å². The summed E-state index contributed by atoms with van der Waals surface area (Å²) in [5, 5.41) is 14.9. The van der Waals surface area contributed by atoms with Crippen LogP contribution in [0.3, 0.4) is 0 Å². The number of nitrogens with zero attached hydrogens (tertiary/aromatic N) is 3. The summed E-state index contributed by atoms with van der Waals surface area (Å²) in [4.78, 5) is 37.1. The number of pyridine rings is 1. The number of ether oxygens (including phenoxy) is 1. The Morgan fingerprint density at radius 3 is 2.58 bits per heavy atom. The first-order valence-electron chi connectivity index (χ1n) is 11.4. The molecule has 2 N–H and O–H groups in total. The van der Waals surface area contributed by atoms with E-state index in [1.54, 1.807) is 30.4 Å². The molecular formula is C24H25F3N4O5. The Labute approximate surface area is 204 Å². The van der Waals surface area contributed by atoms with Gasteiger partial charge in [0.15, 0.2) is 0 Å². The number of halogens is 3. The summed E-state index contributed by atoms with van der Waals surface area (Å²) in [5.41, 5.74) is 1.13. The number of fused-ring (bicyclic) bond motifs is 1. The standard InChI is InChI=1S/C24H25F3N4O5/c1-29-21(28-19-7-3-13-30(23(19)35)14-4-8-20(32)33)17-5-2-6-18(17)22(34)31(29)15-9-11-16(12-10-15)36-24(25,26)27/h3,7,9-13,18,28H,2,4-6,8,14H2,1H3,(H,32,33). The molecule has 2 aromatic rings. The Bertz CT molecular complexity index is 1240. The highest BCUT2D eigenvalue weighted by molar-refractivity contribution is 5.98. The summed E-state index contributed by atoms with van der Waals surface area (Å²) < 4.78 is 42.9. The molecule has 0 spiro atoms. The lowest BCUT2D eigenvalue weighted by atomic mass is 9.98. The van der Waals surface area contributed by atoms with Gasteiger partial charge in [0.2, 0.25) is 0 Å². The number of hydrogen-bond donors (Lipinski definition) is 2. The summed E-state index contributed by atoms with van der Waals surface area (Å²) in [6, 6.07) is 8.28. The van der Waals surface area contributed by atoms with Crippen LogP contribution < -0.4 is 20.6 Å². The largest absolute Gasteiger partial charge is 0.573 e. The fourth-order valence-corrected chi connectivity index (χ4v) is 4.59. The van der Waals surface area contributed by atoms with Gasteiger partial charge in [0.1, 0.15) is 17.3 Å². The third kappa shape index (κ3) is 5.31. The van der Waals surface area contributed by atoms with Crippen LogP contribution in [0.4, 0.5) is 24.5 Å². The summed E-state index contributed by atoms with van der Waals surface area (Å²) in [7, 11) is 1.64. The molecule has 1 aromatic carbocycles. The van der Waals surface area contributed by atoms with E-state index < -0.39 is 24.0 Å². The fourth-order valence-electron chi connectivity index (χ4n) is 4.59. The predicted octanol–water partition coefficient (Wildman–Crippen LogP) is 3.93. The molecule has 192 valence electrons. The van der Waals surface area contributed by atoms with Gasteiger partial charge >= 0.3 is 12.3 Å². The van der Waals surface area contributed by atoms with Gasteiger partial charge in [-0.2, -0.15) is 0 Å². The molecule has 1 aliphatic heterocycles. The number of carboxylic acid groups (broad SMARTS) is 1. The van der Waals surface area contributed by atoms with Crippen LogP contribution in [-0.4, -0.2) is 40.0 Å². The number of nitrogens with one attached hydrogen (secondary N) is 1. The second-order valence-corrected chi connectivity index (χ2v) is 8.58. The highest BCUT2D eigenvalue weighted by Gasteiger charge is 2.42. The molecular weight excluding hydrogens is 481 g/mol. The molecule has 2 aliphatic rings. The van der Waals surface area contributed by atoms with E-state index in [2.05, 4.69) is 10.1 Å². The van der Waals surface area contributed by atoms with E-state index in [4.69, 9.17) is 5.11 Å². The maximum Gasteiger partial charge on any atom is 0.573 e. The van der Waals surface area contributed by atoms with Crippen molar-refractivity contribution in [1.82, 2.24) is 9.58 Å². The van der Waals surface area contributed by atoms with Crippen LogP contribution in [-0.2, 0) is 16.1 Å². The number of aryl methyl sites for hydroxylation is 1. The Balaban J connectivity index is 1.62. The molecule has 0 radical (unpaired) electrons. The molecule has 1 aliphatic carbocycles. The van der Waals surface area contributed by atoms with Crippen LogP contribution >= 0.6 is 0 Å². The molecule has 1 atom stereocenters. The van der Waals surface area contributed by atoms with Crippen LogP contribution in [0.15, 0.2) is 58.8 Å². The van der Waals surface area contributed by atoms with Crippen LogP contribution in [0.2, 0.25) is 0 Å². The number of alkyl halides is 3. The van der Waals surface area contributed by atoms with Gasteiger partial charge in [-0.1, -0.05) is 0 Å². The van der Waals surface area contributed by atoms with E-state index in [1.807, 2.05) is 0 Å². The number of amides is 1. The third-order valence-corrected chi connectivity index (χ3v) is 6.17. The summed E-state index contributed by atoms with van der Waals surface area (Å²) in [5.74, 6) is -1.42. The first-order valence-corrected chi connectivity index (χ1v) is 11.4. The summed E-state index contributed by atoms with van der Waals surface area (Å²) in [6.07, 6.45) is -0.948. The first kappa shape index (κ1) is 25.1. The minimum atomic E-state index is -4.83. The van der Waals surface area contributed by atoms with Gasteiger partial charge in [-0.15, -0.1) is 13.2 Å². The lowest BCUT2D eigenvalue weighted by Gasteiger charge is -2.42. The van der Waals surface area contributed by atoms with Gasteiger partial charge in [0.25, 0.3) is 11.5 Å². The van der Waals surface area contributed by atoms with Crippen molar-refractivity contribution in [2.24, 2.45) is 5.92 Å². The number of anilines is 2. The van der Waals surface area contributed by atoms with Crippen molar-refractivity contribution in [2.45, 2.75) is 45.0 Å². The Morgan fingerprint density at radius 2 is 1.92 bits per heavy atom. The van der Waals surface area contributed by atoms with Gasteiger partial charge in [-0.3, -0.25) is 19.4 Å². The molecule has 36 heavy (non-hydrogen) atoms. The molecule has 1 unspecified atom stereocenters. The van der Waals surface area contributed by atoms with Gasteiger partial charge in [-0.05, 0) is 67.7 Å². The molecule has 4 rings (SSSR count). The fraction of sp³-hybridized carbons (Fsp3) is 0.375. The van der Waals surface area contributed by atoms with Crippen molar-refractivity contribution < 1.29 is 32.6 Å². The minimum Gasteiger partial charge on any atom is -0.481 e. The normalized spacial score (nSPS) is 17.9. The molecule has 1 saturated carbocycles. The Morgan fingerprint density at radius 1 is 1.19 bits per heavy atom. The van der Waals surface area contributed by atoms with Crippen LogP contribution in [0.25, 0.3) is 0 Å². The number of aromatic nitrogens is 1. The molecule has 12 heteroatoms. The number of benzene rings is 1. The smallest absolute Gasteiger partial charge is 0.481 e. The Hall–Kier alpha value is -3.96. The summed E-state index contributed by atoms with van der Waals surface area (Å²) in [6.45, 7) is 0.238. The van der Waals surface area contributed by atoms with Gasteiger partial charge in [0.05, 0.1) is 11.6 Å². The van der Waals surface area contributed by atoms with Crippen molar-refractivity contribution in [1.29, 1.82) is 0 Å². The van der Waals surface area contributed by atoms with Gasteiger partial charge in [-0.25, -0.2) is 5.01 Å². The first-order chi connectivity index (χ1) is 17.0. The third-order valence-electron chi connectivity index (χ3n) is 6.17. The quantitative estimate of drug-likeness (QED) is 0.559. The van der Waals surface area contributed by atoms with Crippen molar-refractivity contribution >= 4 is 23.3 Å². The topological polar surface area (TPSA) is 104 Å². The van der Waals surface area contributed by atoms with E-state index in [9.17, 15) is 27.6 Å². The number of aliphatic carboxylic acids is 1. The van der Waals surface area contributed by atoms with E-state index in [1.165, 1.54) is 21.7 Å². The van der Waals surface area contributed by atoms with Gasteiger partial charge < -0.3 is 19.7 Å². The minimum absolute atomic E-state index is 0.0618. The molecule has 1 amide bonds. The molecule has 0 saturated heterocycles. The average molecular weight is 506 g/mol. The highest BCUT2D eigenvalue weighted by atomic mass is 19.4. The lowest BCUT2D eigenvalue weighted by Crippen LogP contribution is -2.52. The van der Waals surface area contributed by atoms with E-state index in [0.717, 1.165) is 24.1 Å². The van der Waals surface area contributed by atoms with Gasteiger partial charge in [0, 0.05) is 26.2 Å². The number of hydrogen-bond acceptors (Lipinski definition) is 6. The SMILES string of the molecule is CN1C(Nc2cccn(CCCC(=O)O)c2=O)=C2CCCC2C(=O)N1c1ccc(OC(F)(F)F)cc1. The zero-order valence-corrected chi connectivity index (χ0v) is 19.4. The number of carboxylic acids is 1. The Kier molecular flexibility index (Phi) is 6.95. The number of hydrazine groups is 1. The average Bonchev–Trinajstić information content (AvgIpc) is 3.29. The lowest BCUT2D eigenvalue weighted by molar-refractivity contribution is -0.274. The van der Waals surface area contributed by atoms with E-state index in [0.29, 0.717) is 30.8 Å². The maximum absolute atomic E-state index is 13.3. The van der Waals surface area contributed by atoms with Crippen LogP contribution in [0, 0.1) is 5.92 Å². The van der Waals surface area contributed by atoms with Crippen molar-refractivity contribution in [3.63, 3.8) is 0 Å². The zero-order chi connectivity index (χ0) is 26.0. The van der Waals surface area contributed by atoms with Crippen molar-refractivity contribution in [3.05, 3.63) is 64.3 Å². The predicted molar refractivity (Wildman–Crippen MR) is 124 cm³/mol. The molecule has 2 heterocycles. The maximum atomic E-state index is 13.3. The van der Waals surface area contributed by atoms with Crippen LogP contribution in [0.5, 0.6) is 5.75 Å². The van der Waals surface area contributed by atoms with E-state index in [-0.39, 0.29) is 30.1 Å². The zero-order valence-electron chi connectivity index (χ0n) is 19.4. The highest BCUT2D eigenvalue weighted by Crippen LogP contribution is 2.41. The van der Waals surface area contributed by atoms with Crippen molar-refractivity contribution in [3.8, 4) is 5.75 Å². The number of carbonyl (C=O) groups is 2. The van der Waals surface area contributed by atoms with E-state index >= 15 is 0 Å².